The minimum Gasteiger partial charge on any atom is -0.343 e. The molecule has 0 aliphatic carbocycles. The zero-order valence-corrected chi connectivity index (χ0v) is 8.64. The van der Waals surface area contributed by atoms with Gasteiger partial charge in [-0.15, -0.1) is 0 Å². The number of hydrogen-bond donors (Lipinski definition) is 0. The van der Waals surface area contributed by atoms with E-state index in [0.29, 0.717) is 5.69 Å². The highest BCUT2D eigenvalue weighted by molar-refractivity contribution is 5.93. The highest BCUT2D eigenvalue weighted by atomic mass is 16.2. The van der Waals surface area contributed by atoms with Crippen LogP contribution in [-0.2, 0) is 0 Å². The molecular weight excluding hydrogens is 190 g/mol. The van der Waals surface area contributed by atoms with Gasteiger partial charge in [0.05, 0.1) is 17.2 Å². The van der Waals surface area contributed by atoms with Crippen LogP contribution in [0.5, 0.6) is 0 Å². The highest BCUT2D eigenvalue weighted by Crippen LogP contribution is 2.08. The van der Waals surface area contributed by atoms with Crippen LogP contribution in [0.1, 0.15) is 10.5 Å². The van der Waals surface area contributed by atoms with Gasteiger partial charge in [0, 0.05) is 14.1 Å². The van der Waals surface area contributed by atoms with Gasteiger partial charge in [0.25, 0.3) is 5.91 Å². The summed E-state index contributed by atoms with van der Waals surface area (Å²) in [5.74, 6) is -0.131. The molecule has 0 N–H and O–H groups in total. The van der Waals surface area contributed by atoms with Crippen molar-refractivity contribution in [2.45, 2.75) is 0 Å². The molecule has 0 fully saturated rings. The monoisotopic (exact) mass is 201 g/mol. The molecule has 2 rings (SSSR count). The largest absolute Gasteiger partial charge is 0.343 e. The first-order chi connectivity index (χ1) is 7.18. The minimum atomic E-state index is -0.131. The molecule has 4 nitrogen and oxygen atoms in total. The smallest absolute Gasteiger partial charge is 0.273 e. The fraction of sp³-hybridized carbons (Fsp3) is 0.182. The summed E-state index contributed by atoms with van der Waals surface area (Å²) >= 11 is 0. The molecule has 1 amide bonds. The normalized spacial score (nSPS) is 10.3. The summed E-state index contributed by atoms with van der Waals surface area (Å²) < 4.78 is 0. The van der Waals surface area contributed by atoms with E-state index in [4.69, 9.17) is 0 Å². The van der Waals surface area contributed by atoms with E-state index in [1.165, 1.54) is 11.1 Å². The lowest BCUT2D eigenvalue weighted by atomic mass is 10.3. The Morgan fingerprint density at radius 3 is 2.53 bits per heavy atom. The van der Waals surface area contributed by atoms with Crippen molar-refractivity contribution < 1.29 is 4.79 Å². The van der Waals surface area contributed by atoms with Crippen LogP contribution >= 0.6 is 0 Å². The lowest BCUT2D eigenvalue weighted by Gasteiger charge is -2.09. The molecule has 4 heteroatoms. The molecular formula is C11H11N3O. The molecule has 1 aromatic heterocycles. The van der Waals surface area contributed by atoms with Gasteiger partial charge >= 0.3 is 0 Å². The average Bonchev–Trinajstić information content (AvgIpc) is 2.27. The van der Waals surface area contributed by atoms with Crippen molar-refractivity contribution in [3.8, 4) is 0 Å². The molecule has 76 valence electrons. The Morgan fingerprint density at radius 2 is 1.87 bits per heavy atom. The molecule has 0 aliphatic rings. The van der Waals surface area contributed by atoms with Crippen molar-refractivity contribution in [1.82, 2.24) is 14.9 Å². The lowest BCUT2D eigenvalue weighted by Crippen LogP contribution is -2.22. The van der Waals surface area contributed by atoms with Crippen molar-refractivity contribution in [3.05, 3.63) is 36.2 Å². The van der Waals surface area contributed by atoms with Gasteiger partial charge in [-0.25, -0.2) is 4.98 Å². The number of carbonyl (C=O) groups is 1. The first-order valence-corrected chi connectivity index (χ1v) is 4.62. The Labute approximate surface area is 87.6 Å². The number of aromatic nitrogens is 2. The summed E-state index contributed by atoms with van der Waals surface area (Å²) in [5, 5.41) is 0. The van der Waals surface area contributed by atoms with Gasteiger partial charge in [0.2, 0.25) is 0 Å². The Hall–Kier alpha value is -1.97. The van der Waals surface area contributed by atoms with Gasteiger partial charge < -0.3 is 4.90 Å². The third kappa shape index (κ3) is 1.79. The molecule has 0 atom stereocenters. The van der Waals surface area contributed by atoms with Crippen LogP contribution in [0.25, 0.3) is 11.0 Å². The fourth-order valence-electron chi connectivity index (χ4n) is 1.29. The maximum atomic E-state index is 11.6. The third-order valence-corrected chi connectivity index (χ3v) is 2.07. The Balaban J connectivity index is 2.52. The number of carbonyl (C=O) groups excluding carboxylic acids is 1. The van der Waals surface area contributed by atoms with Gasteiger partial charge in [-0.2, -0.15) is 0 Å². The Bertz CT molecular complexity index is 508. The number of benzene rings is 1. The fourth-order valence-corrected chi connectivity index (χ4v) is 1.29. The van der Waals surface area contributed by atoms with Crippen LogP contribution in [0, 0.1) is 0 Å². The second kappa shape index (κ2) is 3.65. The lowest BCUT2D eigenvalue weighted by molar-refractivity contribution is 0.0822. The van der Waals surface area contributed by atoms with E-state index < -0.39 is 0 Å². The molecule has 0 unspecified atom stereocenters. The molecule has 15 heavy (non-hydrogen) atoms. The molecule has 0 spiro atoms. The number of hydrogen-bond acceptors (Lipinski definition) is 3. The van der Waals surface area contributed by atoms with Crippen LogP contribution in [-0.4, -0.2) is 34.9 Å². The van der Waals surface area contributed by atoms with E-state index in [1.54, 1.807) is 14.1 Å². The summed E-state index contributed by atoms with van der Waals surface area (Å²) in [6, 6.07) is 7.48. The summed E-state index contributed by atoms with van der Waals surface area (Å²) in [6.07, 6.45) is 1.50. The minimum absolute atomic E-state index is 0.131. The number of rotatable bonds is 1. The third-order valence-electron chi connectivity index (χ3n) is 2.07. The van der Waals surface area contributed by atoms with Crippen LogP contribution in [0.3, 0.4) is 0 Å². The van der Waals surface area contributed by atoms with Crippen molar-refractivity contribution >= 4 is 16.9 Å². The quantitative estimate of drug-likeness (QED) is 0.699. The van der Waals surface area contributed by atoms with Crippen LogP contribution in [0.4, 0.5) is 0 Å². The van der Waals surface area contributed by atoms with E-state index in [0.717, 1.165) is 11.0 Å². The van der Waals surface area contributed by atoms with E-state index in [-0.39, 0.29) is 5.91 Å². The Kier molecular flexibility index (Phi) is 2.33. The standard InChI is InChI=1S/C11H11N3O/c1-14(2)11(15)10-7-12-8-5-3-4-6-9(8)13-10/h3-7H,1-2H3. The van der Waals surface area contributed by atoms with Gasteiger partial charge in [0.15, 0.2) is 0 Å². The van der Waals surface area contributed by atoms with E-state index >= 15 is 0 Å². The molecule has 0 bridgehead atoms. The van der Waals surface area contributed by atoms with Crippen molar-refractivity contribution in [1.29, 1.82) is 0 Å². The van der Waals surface area contributed by atoms with E-state index in [1.807, 2.05) is 24.3 Å². The predicted molar refractivity (Wildman–Crippen MR) is 57.6 cm³/mol. The van der Waals surface area contributed by atoms with Crippen molar-refractivity contribution in [3.63, 3.8) is 0 Å². The number of fused-ring (bicyclic) bond motifs is 1. The molecule has 2 aromatic rings. The summed E-state index contributed by atoms with van der Waals surface area (Å²) in [4.78, 5) is 21.5. The first kappa shape index (κ1) is 9.58. The number of para-hydroxylation sites is 2. The summed E-state index contributed by atoms with van der Waals surface area (Å²) in [7, 11) is 3.39. The second-order valence-electron chi connectivity index (χ2n) is 3.44. The SMILES string of the molecule is CN(C)C(=O)c1cnc2ccccc2n1. The molecule has 0 saturated carbocycles. The van der Waals surface area contributed by atoms with Crippen molar-refractivity contribution in [2.75, 3.05) is 14.1 Å². The molecule has 0 radical (unpaired) electrons. The maximum absolute atomic E-state index is 11.6. The van der Waals surface area contributed by atoms with Crippen molar-refractivity contribution in [2.24, 2.45) is 0 Å². The number of nitrogens with zero attached hydrogens (tertiary/aromatic N) is 3. The average molecular weight is 201 g/mol. The van der Waals surface area contributed by atoms with Gasteiger partial charge in [-0.1, -0.05) is 12.1 Å². The van der Waals surface area contributed by atoms with E-state index in [2.05, 4.69) is 9.97 Å². The zero-order chi connectivity index (χ0) is 10.8. The van der Waals surface area contributed by atoms with Gasteiger partial charge in [-0.3, -0.25) is 9.78 Å². The van der Waals surface area contributed by atoms with Crippen LogP contribution < -0.4 is 0 Å². The van der Waals surface area contributed by atoms with Crippen LogP contribution in [0.2, 0.25) is 0 Å². The van der Waals surface area contributed by atoms with Gasteiger partial charge in [-0.05, 0) is 12.1 Å². The molecule has 0 aliphatic heterocycles. The van der Waals surface area contributed by atoms with Gasteiger partial charge in [0.1, 0.15) is 5.69 Å². The predicted octanol–water partition coefficient (Wildman–Crippen LogP) is 1.33. The Morgan fingerprint density at radius 1 is 1.20 bits per heavy atom. The molecule has 0 saturated heterocycles. The summed E-state index contributed by atoms with van der Waals surface area (Å²) in [6.45, 7) is 0. The van der Waals surface area contributed by atoms with E-state index in [9.17, 15) is 4.79 Å². The number of amides is 1. The second-order valence-corrected chi connectivity index (χ2v) is 3.44. The topological polar surface area (TPSA) is 46.1 Å². The molecule has 1 aromatic carbocycles. The zero-order valence-electron chi connectivity index (χ0n) is 8.64. The highest BCUT2D eigenvalue weighted by Gasteiger charge is 2.10. The first-order valence-electron chi connectivity index (χ1n) is 4.62. The summed E-state index contributed by atoms with van der Waals surface area (Å²) in [5.41, 5.74) is 1.91. The maximum Gasteiger partial charge on any atom is 0.273 e. The van der Waals surface area contributed by atoms with Crippen LogP contribution in [0.15, 0.2) is 30.5 Å². The molecule has 1 heterocycles.